The predicted molar refractivity (Wildman–Crippen MR) is 159 cm³/mol. The number of carboxylic acid groups (broad SMARTS) is 2. The van der Waals surface area contributed by atoms with E-state index in [9.17, 15) is 35.9 Å². The van der Waals surface area contributed by atoms with Crippen LogP contribution in [0.1, 0.15) is 27.8 Å². The van der Waals surface area contributed by atoms with Crippen LogP contribution in [-0.4, -0.2) is 35.4 Å². The van der Waals surface area contributed by atoms with Gasteiger partial charge in [-0.2, -0.15) is 26.3 Å². The first-order valence-corrected chi connectivity index (χ1v) is 13.7. The molecule has 0 unspecified atom stereocenters. The van der Waals surface area contributed by atoms with Crippen LogP contribution in [0.3, 0.4) is 0 Å². The highest BCUT2D eigenvalue weighted by atomic mass is 35.5. The van der Waals surface area contributed by atoms with Crippen LogP contribution in [0.2, 0.25) is 5.02 Å². The molecule has 0 saturated carbocycles. The summed E-state index contributed by atoms with van der Waals surface area (Å²) < 4.78 is 88.0. The molecular weight excluding hydrogens is 642 g/mol. The molecule has 0 spiro atoms. The summed E-state index contributed by atoms with van der Waals surface area (Å²) in [6, 6.07) is 16.1. The van der Waals surface area contributed by atoms with Crippen molar-refractivity contribution in [3.05, 3.63) is 106 Å². The normalized spacial score (nSPS) is 11.3. The van der Waals surface area contributed by atoms with E-state index >= 15 is 0 Å². The highest BCUT2D eigenvalue weighted by Gasteiger charge is 2.32. The summed E-state index contributed by atoms with van der Waals surface area (Å²) in [5, 5.41) is 17.8. The Morgan fingerprint density at radius 1 is 0.609 bits per heavy atom. The Morgan fingerprint density at radius 2 is 1.02 bits per heavy atom. The number of hydrogen-bond donors (Lipinski definition) is 2. The molecule has 0 radical (unpaired) electrons. The fourth-order valence-electron chi connectivity index (χ4n) is 4.27. The fourth-order valence-corrected chi connectivity index (χ4v) is 4.45. The van der Waals surface area contributed by atoms with Crippen molar-refractivity contribution in [3.8, 4) is 33.8 Å². The van der Waals surface area contributed by atoms with Gasteiger partial charge in [0.2, 0.25) is 0 Å². The van der Waals surface area contributed by atoms with E-state index in [1.165, 1.54) is 6.07 Å². The number of benzene rings is 4. The summed E-state index contributed by atoms with van der Waals surface area (Å²) in [7, 11) is 0. The lowest BCUT2D eigenvalue weighted by atomic mass is 9.96. The molecule has 0 heterocycles. The maximum absolute atomic E-state index is 13.0. The summed E-state index contributed by atoms with van der Waals surface area (Å²) in [4.78, 5) is 21.3. The zero-order chi connectivity index (χ0) is 34.4. The molecule has 0 amide bonds. The number of carbonyl (C=O) groups is 2. The minimum Gasteiger partial charge on any atom is -0.481 e. The molecular formula is C33H27ClF6O6. The number of hydrogen-bond acceptors (Lipinski definition) is 4. The van der Waals surface area contributed by atoms with Crippen LogP contribution in [0.5, 0.6) is 11.5 Å². The first-order valence-electron chi connectivity index (χ1n) is 13.3. The molecule has 4 rings (SSSR count). The first-order chi connectivity index (χ1) is 21.4. The van der Waals surface area contributed by atoms with E-state index in [2.05, 4.69) is 0 Å². The number of ether oxygens (including phenoxy) is 2. The number of carboxylic acids is 2. The molecule has 244 valence electrons. The lowest BCUT2D eigenvalue weighted by molar-refractivity contribution is -0.140. The van der Waals surface area contributed by atoms with Gasteiger partial charge >= 0.3 is 24.3 Å². The van der Waals surface area contributed by atoms with Crippen LogP contribution in [0, 0.1) is 20.8 Å². The van der Waals surface area contributed by atoms with E-state index < -0.39 is 48.6 Å². The van der Waals surface area contributed by atoms with Gasteiger partial charge in [-0.1, -0.05) is 41.4 Å². The van der Waals surface area contributed by atoms with Crippen LogP contribution in [0.4, 0.5) is 26.3 Å². The van der Waals surface area contributed by atoms with Gasteiger partial charge in [0.05, 0.1) is 11.1 Å². The Hall–Kier alpha value is -4.71. The van der Waals surface area contributed by atoms with Gasteiger partial charge < -0.3 is 19.7 Å². The Balaban J connectivity index is 0.000000250. The van der Waals surface area contributed by atoms with Crippen molar-refractivity contribution in [1.29, 1.82) is 0 Å². The summed E-state index contributed by atoms with van der Waals surface area (Å²) in [5.41, 5.74) is 2.07. The van der Waals surface area contributed by atoms with Crippen molar-refractivity contribution in [2.45, 2.75) is 33.1 Å². The van der Waals surface area contributed by atoms with E-state index in [0.29, 0.717) is 21.7 Å². The monoisotopic (exact) mass is 668 g/mol. The number of rotatable bonds is 8. The van der Waals surface area contributed by atoms with Crippen LogP contribution < -0.4 is 9.47 Å². The molecule has 0 atom stereocenters. The van der Waals surface area contributed by atoms with Crippen molar-refractivity contribution in [2.75, 3.05) is 13.2 Å². The molecule has 4 aromatic rings. The van der Waals surface area contributed by atoms with Crippen LogP contribution in [0.15, 0.2) is 72.8 Å². The maximum atomic E-state index is 13.0. The maximum Gasteiger partial charge on any atom is 0.416 e. The molecule has 0 aliphatic heterocycles. The average molecular weight is 669 g/mol. The Kier molecular flexibility index (Phi) is 11.3. The lowest BCUT2D eigenvalue weighted by Crippen LogP contribution is -2.11. The number of halogens is 7. The van der Waals surface area contributed by atoms with Crippen molar-refractivity contribution >= 4 is 23.5 Å². The molecule has 46 heavy (non-hydrogen) atoms. The summed E-state index contributed by atoms with van der Waals surface area (Å²) >= 11 is 5.92. The zero-order valence-corrected chi connectivity index (χ0v) is 25.3. The molecule has 0 aliphatic rings. The second kappa shape index (κ2) is 14.6. The Morgan fingerprint density at radius 3 is 1.43 bits per heavy atom. The molecule has 6 nitrogen and oxygen atoms in total. The smallest absolute Gasteiger partial charge is 0.416 e. The second-order valence-corrected chi connectivity index (χ2v) is 10.5. The third-order valence-corrected chi connectivity index (χ3v) is 6.72. The van der Waals surface area contributed by atoms with Crippen LogP contribution in [0.25, 0.3) is 22.3 Å². The van der Waals surface area contributed by atoms with E-state index in [0.717, 1.165) is 47.5 Å². The lowest BCUT2D eigenvalue weighted by Gasteiger charge is -2.16. The zero-order valence-electron chi connectivity index (χ0n) is 24.5. The molecule has 4 aromatic carbocycles. The summed E-state index contributed by atoms with van der Waals surface area (Å²) in [5.74, 6) is -2.27. The van der Waals surface area contributed by atoms with Gasteiger partial charge in [-0.3, -0.25) is 0 Å². The standard InChI is InChI=1S/C17H15F3O3.C16H12ClF3O3/c1-10-3-4-11(2)13(7-10)14-8-12(17(18,19)20)5-6-15(14)23-9-16(21)22;1-9-2-4-11(17)7-12(9)13-6-10(16(18,19)20)3-5-14(13)23-8-15(21)22/h3-8H,9H2,1-2H3,(H,21,22);2-7H,8H2,1H3,(H,21,22). The van der Waals surface area contributed by atoms with Gasteiger partial charge in [-0.05, 0) is 91.6 Å². The van der Waals surface area contributed by atoms with Crippen molar-refractivity contribution < 1.29 is 55.6 Å². The van der Waals surface area contributed by atoms with E-state index in [1.54, 1.807) is 38.1 Å². The molecule has 0 saturated heterocycles. The fraction of sp³-hybridized carbons (Fsp3) is 0.212. The largest absolute Gasteiger partial charge is 0.481 e. The van der Waals surface area contributed by atoms with Crippen molar-refractivity contribution in [3.63, 3.8) is 0 Å². The van der Waals surface area contributed by atoms with E-state index in [1.807, 2.05) is 13.0 Å². The van der Waals surface area contributed by atoms with Crippen molar-refractivity contribution in [2.24, 2.45) is 0 Å². The van der Waals surface area contributed by atoms with Gasteiger partial charge in [0.15, 0.2) is 13.2 Å². The summed E-state index contributed by atoms with van der Waals surface area (Å²) in [6.07, 6.45) is -9.01. The average Bonchev–Trinajstić information content (AvgIpc) is 2.96. The second-order valence-electron chi connectivity index (χ2n) is 10.1. The highest BCUT2D eigenvalue weighted by Crippen LogP contribution is 2.40. The van der Waals surface area contributed by atoms with Crippen LogP contribution in [-0.2, 0) is 21.9 Å². The van der Waals surface area contributed by atoms with Gasteiger partial charge in [-0.15, -0.1) is 0 Å². The number of aliphatic carboxylic acids is 2. The van der Waals surface area contributed by atoms with Crippen LogP contribution >= 0.6 is 11.6 Å². The predicted octanol–water partition coefficient (Wildman–Crippen LogP) is 9.25. The SMILES string of the molecule is Cc1ccc(C)c(-c2cc(C(F)(F)F)ccc2OCC(=O)O)c1.Cc1ccc(Cl)cc1-c1cc(C(F)(F)F)ccc1OCC(=O)O. The summed E-state index contributed by atoms with van der Waals surface area (Å²) in [6.45, 7) is 4.04. The van der Waals surface area contributed by atoms with Gasteiger partial charge in [-0.25, -0.2) is 9.59 Å². The first kappa shape index (κ1) is 35.8. The molecule has 0 aliphatic carbocycles. The third-order valence-electron chi connectivity index (χ3n) is 6.49. The molecule has 0 bridgehead atoms. The Bertz CT molecular complexity index is 1610. The highest BCUT2D eigenvalue weighted by molar-refractivity contribution is 6.30. The molecule has 13 heteroatoms. The Labute approximate surface area is 264 Å². The minimum atomic E-state index is -4.52. The number of aryl methyl sites for hydroxylation is 3. The minimum absolute atomic E-state index is 0.0470. The van der Waals surface area contributed by atoms with Gasteiger partial charge in [0.1, 0.15) is 11.5 Å². The van der Waals surface area contributed by atoms with Crippen molar-refractivity contribution in [1.82, 2.24) is 0 Å². The molecule has 0 fully saturated rings. The third kappa shape index (κ3) is 9.64. The number of alkyl halides is 6. The quantitative estimate of drug-likeness (QED) is 0.182. The topological polar surface area (TPSA) is 93.1 Å². The van der Waals surface area contributed by atoms with E-state index in [-0.39, 0.29) is 22.6 Å². The molecule has 2 N–H and O–H groups in total. The van der Waals surface area contributed by atoms with Gasteiger partial charge in [0.25, 0.3) is 0 Å². The van der Waals surface area contributed by atoms with Gasteiger partial charge in [0, 0.05) is 16.1 Å². The molecule has 0 aromatic heterocycles. The van der Waals surface area contributed by atoms with E-state index in [4.69, 9.17) is 31.3 Å².